The number of hydrogen-bond acceptors (Lipinski definition) is 2. The van der Waals surface area contributed by atoms with E-state index in [1.54, 1.807) is 19.3 Å². The van der Waals surface area contributed by atoms with Crippen molar-refractivity contribution in [3.8, 4) is 0 Å². The molecule has 0 bridgehead atoms. The van der Waals surface area contributed by atoms with Crippen molar-refractivity contribution in [3.05, 3.63) is 47.5 Å². The third-order valence-corrected chi connectivity index (χ3v) is 3.18. The van der Waals surface area contributed by atoms with Crippen molar-refractivity contribution in [1.29, 1.82) is 0 Å². The lowest BCUT2D eigenvalue weighted by Gasteiger charge is -2.25. The van der Waals surface area contributed by atoms with E-state index in [0.717, 1.165) is 30.9 Å². The Hall–Kier alpha value is -1.74. The average Bonchev–Trinajstić information content (AvgIpc) is 2.50. The number of hydrogen-bond donors (Lipinski definition) is 0. The molecule has 108 valence electrons. The summed E-state index contributed by atoms with van der Waals surface area (Å²) in [5.74, 6) is 0.761. The summed E-state index contributed by atoms with van der Waals surface area (Å²) in [7, 11) is 3.92. The van der Waals surface area contributed by atoms with Gasteiger partial charge < -0.3 is 4.90 Å². The largest absolute Gasteiger partial charge is 0.302 e. The Morgan fingerprint density at radius 3 is 2.70 bits per heavy atom. The molecule has 0 amide bonds. The van der Waals surface area contributed by atoms with Crippen LogP contribution in [-0.4, -0.2) is 37.6 Å². The van der Waals surface area contributed by atoms with Crippen LogP contribution in [0.5, 0.6) is 0 Å². The molecule has 1 heterocycles. The molecule has 3 nitrogen and oxygen atoms in total. The highest BCUT2D eigenvalue weighted by molar-refractivity contribution is 6.04. The first kappa shape index (κ1) is 16.3. The molecule has 0 atom stereocenters. The zero-order valence-corrected chi connectivity index (χ0v) is 13.1. The summed E-state index contributed by atoms with van der Waals surface area (Å²) in [4.78, 5) is 10.9. The second-order valence-corrected chi connectivity index (χ2v) is 4.53. The van der Waals surface area contributed by atoms with Gasteiger partial charge in [0.25, 0.3) is 0 Å². The van der Waals surface area contributed by atoms with Gasteiger partial charge >= 0.3 is 0 Å². The first-order valence-electron chi connectivity index (χ1n) is 7.17. The minimum Gasteiger partial charge on any atom is -0.302 e. The summed E-state index contributed by atoms with van der Waals surface area (Å²) in [6.07, 6.45) is 4.44. The molecule has 3 heteroatoms. The van der Waals surface area contributed by atoms with Gasteiger partial charge in [-0.3, -0.25) is 4.99 Å². The quantitative estimate of drug-likeness (QED) is 0.599. The smallest absolute Gasteiger partial charge is 0.154 e. The first-order chi connectivity index (χ1) is 9.74. The van der Waals surface area contributed by atoms with Crippen molar-refractivity contribution in [2.75, 3.05) is 20.6 Å². The average molecular weight is 271 g/mol. The van der Waals surface area contributed by atoms with Crippen LogP contribution in [0.25, 0.3) is 0 Å². The SMILES string of the molecule is C=CC=NC(=NC)c1ccc2c(c1)CCN(C)C2.CC. The van der Waals surface area contributed by atoms with Crippen LogP contribution in [0.2, 0.25) is 0 Å². The Balaban J connectivity index is 0.000000956. The Morgan fingerprint density at radius 2 is 2.05 bits per heavy atom. The summed E-state index contributed by atoms with van der Waals surface area (Å²) >= 11 is 0. The highest BCUT2D eigenvalue weighted by atomic mass is 15.1. The number of allylic oxidation sites excluding steroid dienone is 1. The van der Waals surface area contributed by atoms with Gasteiger partial charge in [-0.25, -0.2) is 4.99 Å². The summed E-state index contributed by atoms with van der Waals surface area (Å²) in [6.45, 7) is 9.78. The van der Waals surface area contributed by atoms with Crippen LogP contribution < -0.4 is 0 Å². The third-order valence-electron chi connectivity index (χ3n) is 3.18. The number of likely N-dealkylation sites (N-methyl/N-ethyl adjacent to an activating group) is 1. The zero-order chi connectivity index (χ0) is 15.0. The number of rotatable bonds is 2. The summed E-state index contributed by atoms with van der Waals surface area (Å²) in [5, 5.41) is 0. The van der Waals surface area contributed by atoms with Gasteiger partial charge in [0.05, 0.1) is 0 Å². The molecule has 2 rings (SSSR count). The molecule has 20 heavy (non-hydrogen) atoms. The molecule has 1 aromatic carbocycles. The molecule has 0 unspecified atom stereocenters. The fraction of sp³-hybridized carbons (Fsp3) is 0.412. The van der Waals surface area contributed by atoms with E-state index < -0.39 is 0 Å². The molecule has 0 fully saturated rings. The fourth-order valence-electron chi connectivity index (χ4n) is 2.22. The lowest BCUT2D eigenvalue weighted by molar-refractivity contribution is 0.313. The number of fused-ring (bicyclic) bond motifs is 1. The Kier molecular flexibility index (Phi) is 6.88. The highest BCUT2D eigenvalue weighted by Crippen LogP contribution is 2.20. The van der Waals surface area contributed by atoms with Crippen LogP contribution in [-0.2, 0) is 13.0 Å². The second-order valence-electron chi connectivity index (χ2n) is 4.53. The van der Waals surface area contributed by atoms with Gasteiger partial charge in [0.2, 0.25) is 0 Å². The van der Waals surface area contributed by atoms with Crippen LogP contribution in [0.1, 0.15) is 30.5 Å². The van der Waals surface area contributed by atoms with E-state index in [2.05, 4.69) is 46.7 Å². The minimum absolute atomic E-state index is 0.761. The van der Waals surface area contributed by atoms with E-state index in [1.807, 2.05) is 13.8 Å². The van der Waals surface area contributed by atoms with Crippen LogP contribution >= 0.6 is 0 Å². The van der Waals surface area contributed by atoms with Gasteiger partial charge in [-0.2, -0.15) is 0 Å². The van der Waals surface area contributed by atoms with Gasteiger partial charge in [0.15, 0.2) is 5.84 Å². The van der Waals surface area contributed by atoms with Gasteiger partial charge in [-0.15, -0.1) is 0 Å². The molecular formula is C17H25N3. The predicted octanol–water partition coefficient (Wildman–Crippen LogP) is 3.33. The van der Waals surface area contributed by atoms with Crippen molar-refractivity contribution < 1.29 is 0 Å². The zero-order valence-electron chi connectivity index (χ0n) is 13.1. The Labute approximate surface area is 122 Å². The van der Waals surface area contributed by atoms with E-state index >= 15 is 0 Å². The maximum Gasteiger partial charge on any atom is 0.154 e. The summed E-state index contributed by atoms with van der Waals surface area (Å²) in [6, 6.07) is 6.50. The second kappa shape index (κ2) is 8.43. The van der Waals surface area contributed by atoms with Crippen molar-refractivity contribution in [1.82, 2.24) is 4.90 Å². The molecule has 1 aliphatic heterocycles. The monoisotopic (exact) mass is 271 g/mol. The number of benzene rings is 1. The van der Waals surface area contributed by atoms with Crippen LogP contribution in [0.3, 0.4) is 0 Å². The summed E-state index contributed by atoms with van der Waals surface area (Å²) in [5.41, 5.74) is 3.91. The van der Waals surface area contributed by atoms with E-state index in [0.29, 0.717) is 0 Å². The van der Waals surface area contributed by atoms with Crippen molar-refractivity contribution in [3.63, 3.8) is 0 Å². The van der Waals surface area contributed by atoms with Gasteiger partial charge in [0.1, 0.15) is 0 Å². The van der Waals surface area contributed by atoms with Gasteiger partial charge in [-0.05, 0) is 30.7 Å². The van der Waals surface area contributed by atoms with E-state index in [9.17, 15) is 0 Å². The summed E-state index contributed by atoms with van der Waals surface area (Å²) < 4.78 is 0. The van der Waals surface area contributed by atoms with Gasteiger partial charge in [-0.1, -0.05) is 38.6 Å². The molecule has 0 N–H and O–H groups in total. The maximum absolute atomic E-state index is 4.29. The molecule has 0 radical (unpaired) electrons. The lowest BCUT2D eigenvalue weighted by atomic mass is 9.97. The minimum atomic E-state index is 0.761. The maximum atomic E-state index is 4.29. The van der Waals surface area contributed by atoms with E-state index in [1.165, 1.54) is 11.1 Å². The predicted molar refractivity (Wildman–Crippen MR) is 89.0 cm³/mol. The van der Waals surface area contributed by atoms with E-state index in [-0.39, 0.29) is 0 Å². The molecule has 1 aliphatic rings. The number of amidine groups is 1. The molecule has 0 aliphatic carbocycles. The van der Waals surface area contributed by atoms with Gasteiger partial charge in [0, 0.05) is 31.9 Å². The number of nitrogens with zero attached hydrogens (tertiary/aromatic N) is 3. The first-order valence-corrected chi connectivity index (χ1v) is 7.17. The van der Waals surface area contributed by atoms with Crippen LogP contribution in [0, 0.1) is 0 Å². The standard InChI is InChI=1S/C15H19N3.C2H6/c1-4-8-17-15(16-2)13-5-6-14-11-18(3)9-7-12(14)10-13;1-2/h4-6,8,10H,1,7,9,11H2,2-3H3;1-2H3. The molecule has 0 saturated carbocycles. The topological polar surface area (TPSA) is 28.0 Å². The lowest BCUT2D eigenvalue weighted by Crippen LogP contribution is -2.26. The molecular weight excluding hydrogens is 246 g/mol. The normalized spacial score (nSPS) is 15.5. The third kappa shape index (κ3) is 4.14. The van der Waals surface area contributed by atoms with Crippen LogP contribution in [0.15, 0.2) is 40.8 Å². The van der Waals surface area contributed by atoms with Crippen LogP contribution in [0.4, 0.5) is 0 Å². The fourth-order valence-corrected chi connectivity index (χ4v) is 2.22. The molecule has 1 aromatic rings. The molecule has 0 saturated heterocycles. The van der Waals surface area contributed by atoms with Crippen molar-refractivity contribution >= 4 is 12.1 Å². The highest BCUT2D eigenvalue weighted by Gasteiger charge is 2.14. The molecule has 0 aromatic heterocycles. The number of aliphatic imine (C=N–C) groups is 2. The Bertz CT molecular complexity index is 501. The Morgan fingerprint density at radius 1 is 1.30 bits per heavy atom. The van der Waals surface area contributed by atoms with Crippen molar-refractivity contribution in [2.45, 2.75) is 26.8 Å². The molecule has 0 spiro atoms. The van der Waals surface area contributed by atoms with Crippen molar-refractivity contribution in [2.24, 2.45) is 9.98 Å². The van der Waals surface area contributed by atoms with E-state index in [4.69, 9.17) is 0 Å².